The van der Waals surface area contributed by atoms with Gasteiger partial charge in [-0.3, -0.25) is 9.59 Å². The van der Waals surface area contributed by atoms with E-state index >= 15 is 0 Å². The van der Waals surface area contributed by atoms with E-state index in [1.54, 1.807) is 12.4 Å². The highest BCUT2D eigenvalue weighted by molar-refractivity contribution is 7.09. The smallest absolute Gasteiger partial charge is 0.271 e. The molecule has 5 nitrogen and oxygen atoms in total. The molecule has 1 atom stereocenters. The van der Waals surface area contributed by atoms with E-state index in [1.807, 2.05) is 60.7 Å². The minimum absolute atomic E-state index is 0.230. The second-order valence-electron chi connectivity index (χ2n) is 6.12. The number of hydrogen-bond acceptors (Lipinski definition) is 4. The minimum Gasteiger partial charge on any atom is -0.357 e. The van der Waals surface area contributed by atoms with E-state index < -0.39 is 6.04 Å². The molecule has 6 heteroatoms. The van der Waals surface area contributed by atoms with Crippen LogP contribution < -0.4 is 10.6 Å². The second-order valence-corrected chi connectivity index (χ2v) is 7.06. The van der Waals surface area contributed by atoms with Gasteiger partial charge in [0.25, 0.3) is 5.91 Å². The lowest BCUT2D eigenvalue weighted by molar-refractivity contribution is -0.122. The summed E-state index contributed by atoms with van der Waals surface area (Å²) in [5, 5.41) is 8.01. The fourth-order valence-electron chi connectivity index (χ4n) is 2.73. The molecule has 3 aromatic rings. The highest BCUT2D eigenvalue weighted by Gasteiger charge is 2.22. The molecule has 1 unspecified atom stereocenters. The molecule has 3 rings (SSSR count). The number of hydrogen-bond donors (Lipinski definition) is 2. The summed E-state index contributed by atoms with van der Waals surface area (Å²) in [5.74, 6) is -0.568. The predicted octanol–water partition coefficient (Wildman–Crippen LogP) is 2.82. The number of rotatable bonds is 7. The number of likely N-dealkylation sites (N-methyl/N-ethyl adjacent to an activating group) is 1. The Labute approximate surface area is 162 Å². The van der Waals surface area contributed by atoms with Crippen molar-refractivity contribution < 1.29 is 9.59 Å². The summed E-state index contributed by atoms with van der Waals surface area (Å²) in [7, 11) is 1.56. The van der Waals surface area contributed by atoms with E-state index in [-0.39, 0.29) is 11.8 Å². The Morgan fingerprint density at radius 2 is 1.63 bits per heavy atom. The van der Waals surface area contributed by atoms with Crippen molar-refractivity contribution >= 4 is 23.2 Å². The number of nitrogens with one attached hydrogen (secondary N) is 2. The highest BCUT2D eigenvalue weighted by atomic mass is 32.1. The number of nitrogens with zero attached hydrogens (tertiary/aromatic N) is 1. The second kappa shape index (κ2) is 9.09. The van der Waals surface area contributed by atoms with E-state index in [4.69, 9.17) is 0 Å². The molecule has 2 N–H and O–H groups in total. The molecular formula is C21H21N3O2S. The third-order valence-corrected chi connectivity index (χ3v) is 4.98. The number of thiazole rings is 1. The van der Waals surface area contributed by atoms with Crippen molar-refractivity contribution in [3.63, 3.8) is 0 Å². The highest BCUT2D eigenvalue weighted by Crippen LogP contribution is 2.15. The topological polar surface area (TPSA) is 71.1 Å². The number of carbonyl (C=O) groups excluding carboxylic acids is 2. The van der Waals surface area contributed by atoms with Crippen molar-refractivity contribution in [1.82, 2.24) is 15.6 Å². The number of amides is 2. The van der Waals surface area contributed by atoms with Crippen molar-refractivity contribution in [2.24, 2.45) is 0 Å². The molecule has 0 saturated carbocycles. The predicted molar refractivity (Wildman–Crippen MR) is 107 cm³/mol. The lowest BCUT2D eigenvalue weighted by Gasteiger charge is -2.16. The number of aromatic nitrogens is 1. The van der Waals surface area contributed by atoms with Gasteiger partial charge < -0.3 is 10.6 Å². The molecule has 0 fully saturated rings. The first-order valence-corrected chi connectivity index (χ1v) is 9.58. The van der Waals surface area contributed by atoms with Gasteiger partial charge in [-0.25, -0.2) is 4.98 Å². The fraction of sp³-hybridized carbons (Fsp3) is 0.190. The van der Waals surface area contributed by atoms with Crippen molar-refractivity contribution in [2.45, 2.75) is 18.9 Å². The van der Waals surface area contributed by atoms with Crippen molar-refractivity contribution in [3.8, 4) is 0 Å². The van der Waals surface area contributed by atoms with Gasteiger partial charge in [-0.2, -0.15) is 0 Å². The Hall–Kier alpha value is -2.99. The van der Waals surface area contributed by atoms with Crippen LogP contribution in [0, 0.1) is 0 Å². The van der Waals surface area contributed by atoms with Crippen LogP contribution in [0.4, 0.5) is 0 Å². The standard InChI is InChI=1S/C21H21N3O2S/c1-22-20(25)17(12-15-8-4-2-5-9-15)24-21(26)18-14-27-19(23-18)13-16-10-6-3-7-11-16/h2-11,14,17H,12-13H2,1H3,(H,22,25)(H,24,26). The Morgan fingerprint density at radius 1 is 1.00 bits per heavy atom. The molecule has 2 amide bonds. The zero-order valence-electron chi connectivity index (χ0n) is 15.0. The van der Waals surface area contributed by atoms with Gasteiger partial charge in [0, 0.05) is 25.3 Å². The van der Waals surface area contributed by atoms with Crippen LogP contribution in [0.5, 0.6) is 0 Å². The van der Waals surface area contributed by atoms with Gasteiger partial charge in [-0.15, -0.1) is 11.3 Å². The van der Waals surface area contributed by atoms with Gasteiger partial charge in [0.2, 0.25) is 5.91 Å². The summed E-state index contributed by atoms with van der Waals surface area (Å²) in [5.41, 5.74) is 2.47. The monoisotopic (exact) mass is 379 g/mol. The van der Waals surface area contributed by atoms with Crippen molar-refractivity contribution in [3.05, 3.63) is 87.9 Å². The maximum absolute atomic E-state index is 12.6. The largest absolute Gasteiger partial charge is 0.357 e. The van der Waals surface area contributed by atoms with Crippen LogP contribution >= 0.6 is 11.3 Å². The Kier molecular flexibility index (Phi) is 6.33. The van der Waals surface area contributed by atoms with E-state index in [0.717, 1.165) is 16.1 Å². The molecule has 0 spiro atoms. The van der Waals surface area contributed by atoms with Gasteiger partial charge in [-0.05, 0) is 11.1 Å². The first kappa shape index (κ1) is 18.8. The molecule has 1 heterocycles. The van der Waals surface area contributed by atoms with Crippen LogP contribution in [0.1, 0.15) is 26.6 Å². The van der Waals surface area contributed by atoms with E-state index in [9.17, 15) is 9.59 Å². The van der Waals surface area contributed by atoms with E-state index in [2.05, 4.69) is 15.6 Å². The maximum Gasteiger partial charge on any atom is 0.271 e. The molecule has 27 heavy (non-hydrogen) atoms. The zero-order valence-corrected chi connectivity index (χ0v) is 15.8. The molecule has 1 aromatic heterocycles. The van der Waals surface area contributed by atoms with Gasteiger partial charge in [0.15, 0.2) is 0 Å². The molecule has 2 aromatic carbocycles. The van der Waals surface area contributed by atoms with Crippen LogP contribution in [0.15, 0.2) is 66.0 Å². The Morgan fingerprint density at radius 3 is 2.26 bits per heavy atom. The summed E-state index contributed by atoms with van der Waals surface area (Å²) in [6, 6.07) is 18.9. The van der Waals surface area contributed by atoms with Crippen LogP contribution in [0.3, 0.4) is 0 Å². The van der Waals surface area contributed by atoms with Crippen molar-refractivity contribution in [2.75, 3.05) is 7.05 Å². The lowest BCUT2D eigenvalue weighted by atomic mass is 10.1. The summed E-state index contributed by atoms with van der Waals surface area (Å²) in [6.45, 7) is 0. The number of benzene rings is 2. The quantitative estimate of drug-likeness (QED) is 0.663. The third-order valence-electron chi connectivity index (χ3n) is 4.13. The molecule has 0 aliphatic carbocycles. The summed E-state index contributed by atoms with van der Waals surface area (Å²) < 4.78 is 0. The average Bonchev–Trinajstić information content (AvgIpc) is 3.17. The molecule has 0 bridgehead atoms. The third kappa shape index (κ3) is 5.24. The van der Waals surface area contributed by atoms with Gasteiger partial charge in [0.05, 0.1) is 5.01 Å². The van der Waals surface area contributed by atoms with Gasteiger partial charge >= 0.3 is 0 Å². The molecular weight excluding hydrogens is 358 g/mol. The Bertz CT molecular complexity index is 894. The van der Waals surface area contributed by atoms with E-state index in [0.29, 0.717) is 18.5 Å². The fourth-order valence-corrected chi connectivity index (χ4v) is 3.54. The van der Waals surface area contributed by atoms with Crippen molar-refractivity contribution in [1.29, 1.82) is 0 Å². The molecule has 0 aliphatic rings. The van der Waals surface area contributed by atoms with Crippen LogP contribution in [0.25, 0.3) is 0 Å². The van der Waals surface area contributed by atoms with Gasteiger partial charge in [0.1, 0.15) is 11.7 Å². The van der Waals surface area contributed by atoms with Crippen LogP contribution in [-0.2, 0) is 17.6 Å². The normalized spacial score (nSPS) is 11.6. The molecule has 0 radical (unpaired) electrons. The summed E-state index contributed by atoms with van der Waals surface area (Å²) >= 11 is 1.45. The molecule has 0 aliphatic heterocycles. The first-order chi connectivity index (χ1) is 13.2. The summed E-state index contributed by atoms with van der Waals surface area (Å²) in [6.07, 6.45) is 1.11. The maximum atomic E-state index is 12.6. The van der Waals surface area contributed by atoms with Crippen LogP contribution in [-0.4, -0.2) is 29.9 Å². The Balaban J connectivity index is 1.67. The average molecular weight is 379 g/mol. The summed E-state index contributed by atoms with van der Waals surface area (Å²) in [4.78, 5) is 29.2. The first-order valence-electron chi connectivity index (χ1n) is 8.70. The van der Waals surface area contributed by atoms with E-state index in [1.165, 1.54) is 11.3 Å². The number of carbonyl (C=O) groups is 2. The SMILES string of the molecule is CNC(=O)C(Cc1ccccc1)NC(=O)c1csc(Cc2ccccc2)n1. The zero-order chi connectivity index (χ0) is 19.1. The lowest BCUT2D eigenvalue weighted by Crippen LogP contribution is -2.47. The van der Waals surface area contributed by atoms with Crippen LogP contribution in [0.2, 0.25) is 0 Å². The van der Waals surface area contributed by atoms with Gasteiger partial charge in [-0.1, -0.05) is 60.7 Å². The molecule has 138 valence electrons. The minimum atomic E-state index is -0.649. The molecule has 0 saturated heterocycles.